The monoisotopic (exact) mass is 299 g/mol. The second kappa shape index (κ2) is 6.28. The van der Waals surface area contributed by atoms with Crippen molar-refractivity contribution in [1.29, 1.82) is 0 Å². The van der Waals surface area contributed by atoms with Gasteiger partial charge < -0.3 is 10.3 Å². The Balaban J connectivity index is 2.10. The Bertz CT molecular complexity index is 538. The zero-order valence-electron chi connectivity index (χ0n) is 12.5. The fraction of sp³-hybridized carbons (Fsp3) is 0.714. The summed E-state index contributed by atoms with van der Waals surface area (Å²) in [5.74, 6) is 0.435. The first kappa shape index (κ1) is 15.5. The van der Waals surface area contributed by atoms with E-state index in [1.54, 1.807) is 16.6 Å². The molecule has 1 aromatic rings. The second-order valence-electron chi connectivity index (χ2n) is 5.80. The van der Waals surface area contributed by atoms with Gasteiger partial charge in [-0.2, -0.15) is 4.31 Å². The molecule has 2 rings (SSSR count). The van der Waals surface area contributed by atoms with Gasteiger partial charge >= 0.3 is 0 Å². The molecule has 2 unspecified atom stereocenters. The lowest BCUT2D eigenvalue weighted by Gasteiger charge is -2.19. The van der Waals surface area contributed by atoms with Crippen LogP contribution < -0.4 is 5.32 Å². The van der Waals surface area contributed by atoms with E-state index in [-0.39, 0.29) is 6.04 Å². The number of aromatic amines is 1. The van der Waals surface area contributed by atoms with Gasteiger partial charge in [-0.1, -0.05) is 13.8 Å². The van der Waals surface area contributed by atoms with Gasteiger partial charge in [-0.15, -0.1) is 0 Å². The summed E-state index contributed by atoms with van der Waals surface area (Å²) < 4.78 is 26.9. The van der Waals surface area contributed by atoms with Crippen LogP contribution in [0.1, 0.15) is 39.3 Å². The third-order valence-electron chi connectivity index (χ3n) is 3.79. The predicted octanol–water partition coefficient (Wildman–Crippen LogP) is 1.93. The topological polar surface area (TPSA) is 65.2 Å². The Morgan fingerprint density at radius 2 is 2.20 bits per heavy atom. The number of sulfonamides is 1. The number of rotatable bonds is 6. The van der Waals surface area contributed by atoms with E-state index < -0.39 is 10.0 Å². The summed E-state index contributed by atoms with van der Waals surface area (Å²) in [4.78, 5) is 3.43. The van der Waals surface area contributed by atoms with Gasteiger partial charge in [-0.25, -0.2) is 8.42 Å². The molecular formula is C14H25N3O2S. The predicted molar refractivity (Wildman–Crippen MR) is 79.9 cm³/mol. The SMILES string of the molecule is CCCNCc1cc(S(=O)(=O)N2CC(C)CC2C)c[nH]1. The van der Waals surface area contributed by atoms with Crippen molar-refractivity contribution in [3.63, 3.8) is 0 Å². The van der Waals surface area contributed by atoms with E-state index in [2.05, 4.69) is 24.1 Å². The molecule has 114 valence electrons. The van der Waals surface area contributed by atoms with Gasteiger partial charge in [0.25, 0.3) is 0 Å². The van der Waals surface area contributed by atoms with E-state index in [0.717, 1.165) is 25.1 Å². The highest BCUT2D eigenvalue weighted by molar-refractivity contribution is 7.89. The maximum Gasteiger partial charge on any atom is 0.244 e. The number of hydrogen-bond donors (Lipinski definition) is 2. The molecule has 0 saturated carbocycles. The van der Waals surface area contributed by atoms with Crippen molar-refractivity contribution in [1.82, 2.24) is 14.6 Å². The van der Waals surface area contributed by atoms with Crippen LogP contribution in [0, 0.1) is 5.92 Å². The van der Waals surface area contributed by atoms with Crippen LogP contribution in [-0.4, -0.2) is 36.8 Å². The standard InChI is InChI=1S/C14H25N3O2S/c1-4-5-15-8-13-7-14(9-16-13)20(18,19)17-10-11(2)6-12(17)3/h7,9,11-12,15-16H,4-6,8,10H2,1-3H3. The Hall–Kier alpha value is -0.850. The quantitative estimate of drug-likeness (QED) is 0.789. The Morgan fingerprint density at radius 1 is 1.45 bits per heavy atom. The molecule has 1 aliphatic heterocycles. The minimum absolute atomic E-state index is 0.0894. The molecule has 2 atom stereocenters. The van der Waals surface area contributed by atoms with Crippen molar-refractivity contribution in [2.75, 3.05) is 13.1 Å². The van der Waals surface area contributed by atoms with Crippen molar-refractivity contribution in [3.8, 4) is 0 Å². The summed E-state index contributed by atoms with van der Waals surface area (Å²) in [5, 5.41) is 3.26. The van der Waals surface area contributed by atoms with Crippen LogP contribution in [0.5, 0.6) is 0 Å². The molecule has 1 saturated heterocycles. The minimum Gasteiger partial charge on any atom is -0.363 e. The molecule has 1 fully saturated rings. The van der Waals surface area contributed by atoms with Crippen LogP contribution in [0.3, 0.4) is 0 Å². The summed E-state index contributed by atoms with van der Waals surface area (Å²) in [6.45, 7) is 8.42. The molecule has 0 amide bonds. The van der Waals surface area contributed by atoms with E-state index in [1.807, 2.05) is 6.92 Å². The van der Waals surface area contributed by atoms with Gasteiger partial charge in [0.2, 0.25) is 10.0 Å². The van der Waals surface area contributed by atoms with Crippen LogP contribution in [0.25, 0.3) is 0 Å². The summed E-state index contributed by atoms with van der Waals surface area (Å²) in [6.07, 6.45) is 3.61. The molecule has 0 aromatic carbocycles. The first-order valence-electron chi connectivity index (χ1n) is 7.35. The molecule has 0 bridgehead atoms. The van der Waals surface area contributed by atoms with E-state index in [0.29, 0.717) is 23.9 Å². The number of H-pyrrole nitrogens is 1. The third kappa shape index (κ3) is 3.24. The summed E-state index contributed by atoms with van der Waals surface area (Å²) in [7, 11) is -3.36. The highest BCUT2D eigenvalue weighted by Gasteiger charge is 2.36. The fourth-order valence-corrected chi connectivity index (χ4v) is 4.58. The van der Waals surface area contributed by atoms with E-state index in [9.17, 15) is 8.42 Å². The third-order valence-corrected chi connectivity index (χ3v) is 5.75. The van der Waals surface area contributed by atoms with Gasteiger partial charge in [-0.05, 0) is 38.3 Å². The zero-order chi connectivity index (χ0) is 14.8. The summed E-state index contributed by atoms with van der Waals surface area (Å²) in [6, 6.07) is 1.83. The van der Waals surface area contributed by atoms with Gasteiger partial charge in [0.05, 0.1) is 4.90 Å². The maximum absolute atomic E-state index is 12.6. The second-order valence-corrected chi connectivity index (χ2v) is 7.69. The van der Waals surface area contributed by atoms with E-state index in [4.69, 9.17) is 0 Å². The first-order valence-corrected chi connectivity index (χ1v) is 8.79. The molecule has 0 aliphatic carbocycles. The fourth-order valence-electron chi connectivity index (χ4n) is 2.80. The smallest absolute Gasteiger partial charge is 0.244 e. The van der Waals surface area contributed by atoms with Crippen LogP contribution in [-0.2, 0) is 16.6 Å². The highest BCUT2D eigenvalue weighted by atomic mass is 32.2. The zero-order valence-corrected chi connectivity index (χ0v) is 13.3. The summed E-state index contributed by atoms with van der Waals surface area (Å²) in [5.41, 5.74) is 0.914. The molecule has 1 aliphatic rings. The molecule has 2 N–H and O–H groups in total. The lowest BCUT2D eigenvalue weighted by Crippen LogP contribution is -2.33. The number of aromatic nitrogens is 1. The van der Waals surface area contributed by atoms with E-state index in [1.165, 1.54) is 0 Å². The Kier molecular flexibility index (Phi) is 4.88. The van der Waals surface area contributed by atoms with Crippen LogP contribution in [0.4, 0.5) is 0 Å². The largest absolute Gasteiger partial charge is 0.363 e. The summed E-state index contributed by atoms with van der Waals surface area (Å²) >= 11 is 0. The number of hydrogen-bond acceptors (Lipinski definition) is 3. The number of nitrogens with one attached hydrogen (secondary N) is 2. The molecular weight excluding hydrogens is 274 g/mol. The average molecular weight is 299 g/mol. The molecule has 2 heterocycles. The van der Waals surface area contributed by atoms with Crippen LogP contribution in [0.15, 0.2) is 17.2 Å². The average Bonchev–Trinajstić information content (AvgIpc) is 2.97. The van der Waals surface area contributed by atoms with Gasteiger partial charge in [0, 0.05) is 31.0 Å². The van der Waals surface area contributed by atoms with Gasteiger partial charge in [-0.3, -0.25) is 0 Å². The van der Waals surface area contributed by atoms with Crippen molar-refractivity contribution in [2.24, 2.45) is 5.92 Å². The van der Waals surface area contributed by atoms with Crippen LogP contribution >= 0.6 is 0 Å². The molecule has 5 nitrogen and oxygen atoms in total. The highest BCUT2D eigenvalue weighted by Crippen LogP contribution is 2.29. The van der Waals surface area contributed by atoms with Crippen molar-refractivity contribution in [2.45, 2.75) is 51.1 Å². The molecule has 0 radical (unpaired) electrons. The molecule has 0 spiro atoms. The Labute approximate surface area is 121 Å². The van der Waals surface area contributed by atoms with Crippen molar-refractivity contribution >= 4 is 10.0 Å². The lowest BCUT2D eigenvalue weighted by molar-refractivity contribution is 0.405. The lowest BCUT2D eigenvalue weighted by atomic mass is 10.1. The number of nitrogens with zero attached hydrogens (tertiary/aromatic N) is 1. The van der Waals surface area contributed by atoms with Gasteiger partial charge in [0.15, 0.2) is 0 Å². The minimum atomic E-state index is -3.36. The molecule has 1 aromatic heterocycles. The molecule has 20 heavy (non-hydrogen) atoms. The first-order chi connectivity index (χ1) is 9.45. The van der Waals surface area contributed by atoms with E-state index >= 15 is 0 Å². The Morgan fingerprint density at radius 3 is 2.80 bits per heavy atom. The van der Waals surface area contributed by atoms with Crippen LogP contribution in [0.2, 0.25) is 0 Å². The molecule has 6 heteroatoms. The van der Waals surface area contributed by atoms with Crippen molar-refractivity contribution in [3.05, 3.63) is 18.0 Å². The van der Waals surface area contributed by atoms with Crippen molar-refractivity contribution < 1.29 is 8.42 Å². The normalized spacial score (nSPS) is 24.4. The maximum atomic E-state index is 12.6. The van der Waals surface area contributed by atoms with Gasteiger partial charge in [0.1, 0.15) is 0 Å².